The average Bonchev–Trinajstić information content (AvgIpc) is 2.42. The maximum atomic E-state index is 10.0. The van der Waals surface area contributed by atoms with E-state index in [0.717, 1.165) is 0 Å². The molecule has 8 heteroatoms. The lowest BCUT2D eigenvalue weighted by Crippen LogP contribution is -2.59. The number of hydrogen-bond acceptors (Lipinski definition) is 7. The van der Waals surface area contributed by atoms with E-state index in [1.165, 1.54) is 38.1 Å². The van der Waals surface area contributed by atoms with E-state index in [1.54, 1.807) is 0 Å². The van der Waals surface area contributed by atoms with E-state index in [9.17, 15) is 15.3 Å². The molecule has 0 saturated heterocycles. The number of nitrogens with two attached hydrogens (primary N) is 1. The van der Waals surface area contributed by atoms with E-state index in [-0.39, 0.29) is 11.3 Å². The molecule has 0 heterocycles. The maximum Gasteiger partial charge on any atom is 0.227 e. The van der Waals surface area contributed by atoms with E-state index < -0.39 is 11.4 Å². The molecule has 0 fully saturated rings. The molecule has 6 nitrogen and oxygen atoms in total. The lowest BCUT2D eigenvalue weighted by Gasteiger charge is -2.35. The Kier molecular flexibility index (Phi) is 5.56. The smallest absolute Gasteiger partial charge is 0.227 e. The second-order valence-corrected chi connectivity index (χ2v) is 5.21. The fourth-order valence-electron chi connectivity index (χ4n) is 1.59. The fraction of sp³-hybridized carbons (Fsp3) is 0.385. The molecule has 0 bridgehead atoms. The molecule has 1 unspecified atom stereocenters. The molecule has 5 N–H and O–H groups in total. The van der Waals surface area contributed by atoms with Gasteiger partial charge in [0.2, 0.25) is 5.79 Å². The lowest BCUT2D eigenvalue weighted by molar-refractivity contribution is -0.252. The molecule has 21 heavy (non-hydrogen) atoms. The third-order valence-corrected chi connectivity index (χ3v) is 3.67. The predicted octanol–water partition coefficient (Wildman–Crippen LogP) is -0.660. The molecular formula is C13H16BNO5S. The number of aliphatic hydroxyl groups is 3. The molecule has 1 aromatic rings. The molecular weight excluding hydrogens is 293 g/mol. The first kappa shape index (κ1) is 17.7. The van der Waals surface area contributed by atoms with Crippen LogP contribution < -0.4 is 15.2 Å². The van der Waals surface area contributed by atoms with Crippen LogP contribution in [0, 0.1) is 12.3 Å². The number of hydrogen-bond donors (Lipinski definition) is 4. The van der Waals surface area contributed by atoms with Gasteiger partial charge < -0.3 is 30.5 Å². The maximum absolute atomic E-state index is 10.0. The van der Waals surface area contributed by atoms with Gasteiger partial charge in [0, 0.05) is 0 Å². The van der Waals surface area contributed by atoms with Gasteiger partial charge in [0.15, 0.2) is 0 Å². The van der Waals surface area contributed by atoms with Crippen molar-refractivity contribution >= 4 is 19.6 Å². The number of ether oxygens (including phenoxy) is 2. The summed E-state index contributed by atoms with van der Waals surface area (Å²) in [5, 5.41) is 29.5. The Morgan fingerprint density at radius 3 is 2.29 bits per heavy atom. The summed E-state index contributed by atoms with van der Waals surface area (Å²) in [4.78, 5) is 0.629. The monoisotopic (exact) mass is 309 g/mol. The zero-order chi connectivity index (χ0) is 16.3. The Bertz CT molecular complexity index is 551. The van der Waals surface area contributed by atoms with Gasteiger partial charge in [-0.15, -0.1) is 18.2 Å². The van der Waals surface area contributed by atoms with Crippen molar-refractivity contribution in [1.82, 2.24) is 0 Å². The van der Waals surface area contributed by atoms with E-state index in [1.807, 2.05) is 0 Å². The largest absolute Gasteiger partial charge is 0.496 e. The highest BCUT2D eigenvalue weighted by Gasteiger charge is 2.44. The molecule has 0 amide bonds. The van der Waals surface area contributed by atoms with Crippen LogP contribution in [0.1, 0.15) is 5.56 Å². The molecule has 2 radical (unpaired) electrons. The van der Waals surface area contributed by atoms with Gasteiger partial charge in [0.25, 0.3) is 0 Å². The van der Waals surface area contributed by atoms with Crippen LogP contribution in [0.4, 0.5) is 0 Å². The normalized spacial score (nSPS) is 14.1. The average molecular weight is 309 g/mol. The van der Waals surface area contributed by atoms with Gasteiger partial charge in [-0.2, -0.15) is 0 Å². The summed E-state index contributed by atoms with van der Waals surface area (Å²) in [6.45, 7) is 0. The molecule has 1 aromatic carbocycles. The summed E-state index contributed by atoms with van der Waals surface area (Å²) in [5.74, 6) is 0.280. The van der Waals surface area contributed by atoms with Gasteiger partial charge in [-0.1, -0.05) is 5.92 Å². The second-order valence-electron chi connectivity index (χ2n) is 4.19. The summed E-state index contributed by atoms with van der Waals surface area (Å²) in [6.07, 6.45) is 5.21. The Hall–Kier alpha value is -1.37. The summed E-state index contributed by atoms with van der Waals surface area (Å²) in [6, 6.07) is 2.76. The van der Waals surface area contributed by atoms with E-state index >= 15 is 0 Å². The molecule has 1 atom stereocenters. The third-order valence-electron chi connectivity index (χ3n) is 2.73. The molecule has 1 rings (SSSR count). The van der Waals surface area contributed by atoms with Crippen LogP contribution in [0.2, 0.25) is 0 Å². The van der Waals surface area contributed by atoms with Crippen molar-refractivity contribution in [3.63, 3.8) is 0 Å². The van der Waals surface area contributed by atoms with Gasteiger partial charge >= 0.3 is 0 Å². The number of rotatable bonds is 6. The van der Waals surface area contributed by atoms with E-state index in [2.05, 4.69) is 5.92 Å². The first-order valence-electron chi connectivity index (χ1n) is 5.76. The molecule has 0 saturated carbocycles. The van der Waals surface area contributed by atoms with Crippen LogP contribution in [0.3, 0.4) is 0 Å². The molecule has 0 spiro atoms. The van der Waals surface area contributed by atoms with Crippen molar-refractivity contribution < 1.29 is 24.8 Å². The van der Waals surface area contributed by atoms with Crippen molar-refractivity contribution in [2.45, 2.75) is 16.3 Å². The zero-order valence-electron chi connectivity index (χ0n) is 11.7. The molecule has 0 aliphatic heterocycles. The third kappa shape index (κ3) is 3.64. The predicted molar refractivity (Wildman–Crippen MR) is 80.1 cm³/mol. The van der Waals surface area contributed by atoms with Crippen LogP contribution in [-0.4, -0.2) is 48.8 Å². The first-order chi connectivity index (χ1) is 9.68. The molecule has 0 aromatic heterocycles. The van der Waals surface area contributed by atoms with Gasteiger partial charge in [-0.05, 0) is 12.1 Å². The zero-order valence-corrected chi connectivity index (χ0v) is 12.5. The fourth-order valence-corrected chi connectivity index (χ4v) is 2.30. The highest BCUT2D eigenvalue weighted by atomic mass is 32.2. The highest BCUT2D eigenvalue weighted by molar-refractivity contribution is 7.99. The minimum absolute atomic E-state index is 0.0645. The van der Waals surface area contributed by atoms with Crippen molar-refractivity contribution in [3.8, 4) is 23.8 Å². The quantitative estimate of drug-likeness (QED) is 0.239. The molecule has 0 aliphatic rings. The van der Waals surface area contributed by atoms with Gasteiger partial charge in [0.05, 0.1) is 30.4 Å². The first-order valence-corrected chi connectivity index (χ1v) is 6.75. The van der Waals surface area contributed by atoms with Crippen molar-refractivity contribution in [3.05, 3.63) is 17.7 Å². The topological polar surface area (TPSA) is 105 Å². The second kappa shape index (κ2) is 6.60. The Morgan fingerprint density at radius 1 is 1.29 bits per heavy atom. The summed E-state index contributed by atoms with van der Waals surface area (Å²) in [7, 11) is 7.91. The van der Waals surface area contributed by atoms with E-state index in [0.29, 0.717) is 16.4 Å². The molecule has 0 aliphatic carbocycles. The van der Waals surface area contributed by atoms with Gasteiger partial charge in [0.1, 0.15) is 25.0 Å². The summed E-state index contributed by atoms with van der Waals surface area (Å²) in [5.41, 5.74) is 2.15. The molecule has 112 valence electrons. The number of thioether (sulfide) groups is 1. The Labute approximate surface area is 128 Å². The highest BCUT2D eigenvalue weighted by Crippen LogP contribution is 2.41. The Balaban J connectivity index is 3.44. The van der Waals surface area contributed by atoms with Crippen LogP contribution >= 0.6 is 11.8 Å². The van der Waals surface area contributed by atoms with Crippen LogP contribution in [0.15, 0.2) is 17.0 Å². The van der Waals surface area contributed by atoms with E-state index in [4.69, 9.17) is 29.5 Å². The Morgan fingerprint density at radius 2 is 1.86 bits per heavy atom. The minimum atomic E-state index is -2.94. The number of methoxy groups -OCH3 is 2. The van der Waals surface area contributed by atoms with Gasteiger partial charge in [-0.25, -0.2) is 0 Å². The van der Waals surface area contributed by atoms with Crippen LogP contribution in [0.5, 0.6) is 11.5 Å². The standard InChI is InChI=1S/C13H16BNO5S/c1-4-5-21-11-7-9(19-2)8(6-10(11)20-3)12(16,17)13(14,15)18/h1,6-7,16-18H,5,15H2,2-3H3. The van der Waals surface area contributed by atoms with Crippen LogP contribution in [-0.2, 0) is 5.79 Å². The van der Waals surface area contributed by atoms with Crippen molar-refractivity contribution in [2.24, 2.45) is 5.73 Å². The minimum Gasteiger partial charge on any atom is -0.496 e. The van der Waals surface area contributed by atoms with Gasteiger partial charge in [-0.3, -0.25) is 0 Å². The number of terminal acetylenes is 1. The lowest BCUT2D eigenvalue weighted by atomic mass is 9.79. The van der Waals surface area contributed by atoms with Crippen LogP contribution in [0.25, 0.3) is 0 Å². The summed E-state index contributed by atoms with van der Waals surface area (Å²) < 4.78 is 10.2. The van der Waals surface area contributed by atoms with Crippen molar-refractivity contribution in [2.75, 3.05) is 20.0 Å². The summed E-state index contributed by atoms with van der Waals surface area (Å²) >= 11 is 1.30. The van der Waals surface area contributed by atoms with Crippen molar-refractivity contribution in [1.29, 1.82) is 0 Å². The SMILES string of the molecule is [B]C(N)(O)C(O)(O)c1cc(OC)c(SCC#C)cc1OC. The number of benzene rings is 1.